The fourth-order valence-corrected chi connectivity index (χ4v) is 2.57. The number of ether oxygens (including phenoxy) is 2. The van der Waals surface area contributed by atoms with E-state index in [-0.39, 0.29) is 6.10 Å². The molecular formula is C15H27N5O3. The summed E-state index contributed by atoms with van der Waals surface area (Å²) in [7, 11) is 3.78. The molecule has 1 aromatic heterocycles. The van der Waals surface area contributed by atoms with Gasteiger partial charge in [0.2, 0.25) is 5.89 Å². The van der Waals surface area contributed by atoms with Crippen molar-refractivity contribution in [2.45, 2.75) is 32.9 Å². The Hall–Kier alpha value is -1.67. The van der Waals surface area contributed by atoms with Crippen molar-refractivity contribution >= 4 is 5.96 Å². The van der Waals surface area contributed by atoms with E-state index in [0.717, 1.165) is 32.1 Å². The largest absolute Gasteiger partial charge is 0.381 e. The van der Waals surface area contributed by atoms with E-state index in [1.807, 2.05) is 20.9 Å². The van der Waals surface area contributed by atoms with Gasteiger partial charge in [0, 0.05) is 39.8 Å². The molecule has 0 amide bonds. The molecule has 2 atom stereocenters. The minimum Gasteiger partial charge on any atom is -0.381 e. The first kappa shape index (κ1) is 17.7. The molecule has 1 aliphatic heterocycles. The van der Waals surface area contributed by atoms with Gasteiger partial charge in [-0.25, -0.2) is 0 Å². The third kappa shape index (κ3) is 5.18. The summed E-state index contributed by atoms with van der Waals surface area (Å²) in [6, 6.07) is 0. The van der Waals surface area contributed by atoms with Gasteiger partial charge in [0.05, 0.1) is 13.2 Å². The Kier molecular flexibility index (Phi) is 6.79. The van der Waals surface area contributed by atoms with E-state index >= 15 is 0 Å². The Labute approximate surface area is 137 Å². The van der Waals surface area contributed by atoms with E-state index < -0.39 is 0 Å². The van der Waals surface area contributed by atoms with E-state index in [4.69, 9.17) is 14.0 Å². The number of guanidine groups is 1. The third-order valence-electron chi connectivity index (χ3n) is 3.79. The molecule has 0 saturated carbocycles. The molecule has 1 aromatic rings. The number of rotatable bonds is 7. The normalized spacial score (nSPS) is 19.8. The lowest BCUT2D eigenvalue weighted by Crippen LogP contribution is -2.41. The van der Waals surface area contributed by atoms with Crippen molar-refractivity contribution in [3.05, 3.63) is 11.7 Å². The summed E-state index contributed by atoms with van der Waals surface area (Å²) in [5, 5.41) is 7.19. The van der Waals surface area contributed by atoms with Crippen LogP contribution in [0.4, 0.5) is 0 Å². The molecule has 2 heterocycles. The SMILES string of the molecule is CCOC(C)c1noc(CNC(=NC)N(C)CC2CCOC2)n1. The Bertz CT molecular complexity index is 499. The molecular weight excluding hydrogens is 298 g/mol. The Morgan fingerprint density at radius 1 is 1.57 bits per heavy atom. The lowest BCUT2D eigenvalue weighted by Gasteiger charge is -2.23. The molecule has 1 N–H and O–H groups in total. The maximum absolute atomic E-state index is 5.45. The van der Waals surface area contributed by atoms with Crippen molar-refractivity contribution in [3.8, 4) is 0 Å². The van der Waals surface area contributed by atoms with Crippen LogP contribution in [0.1, 0.15) is 38.1 Å². The number of aliphatic imine (C=N–C) groups is 1. The van der Waals surface area contributed by atoms with Crippen LogP contribution in [0.3, 0.4) is 0 Å². The third-order valence-corrected chi connectivity index (χ3v) is 3.79. The number of nitrogens with zero attached hydrogens (tertiary/aromatic N) is 4. The fraction of sp³-hybridized carbons (Fsp3) is 0.800. The van der Waals surface area contributed by atoms with Crippen LogP contribution in [0.15, 0.2) is 9.52 Å². The lowest BCUT2D eigenvalue weighted by molar-refractivity contribution is 0.0683. The zero-order valence-electron chi connectivity index (χ0n) is 14.4. The average molecular weight is 325 g/mol. The van der Waals surface area contributed by atoms with Gasteiger partial charge in [-0.05, 0) is 20.3 Å². The smallest absolute Gasteiger partial charge is 0.246 e. The van der Waals surface area contributed by atoms with Crippen LogP contribution in [0.2, 0.25) is 0 Å². The maximum atomic E-state index is 5.45. The average Bonchev–Trinajstić information content (AvgIpc) is 3.19. The highest BCUT2D eigenvalue weighted by atomic mass is 16.5. The Morgan fingerprint density at radius 3 is 3.04 bits per heavy atom. The molecule has 0 aromatic carbocycles. The molecule has 130 valence electrons. The first-order valence-corrected chi connectivity index (χ1v) is 8.07. The first-order chi connectivity index (χ1) is 11.1. The minimum atomic E-state index is -0.165. The van der Waals surface area contributed by atoms with Crippen LogP contribution in [0, 0.1) is 5.92 Å². The van der Waals surface area contributed by atoms with E-state index in [9.17, 15) is 0 Å². The van der Waals surface area contributed by atoms with Crippen molar-refractivity contribution in [1.82, 2.24) is 20.4 Å². The van der Waals surface area contributed by atoms with Crippen LogP contribution in [0.5, 0.6) is 0 Å². The van der Waals surface area contributed by atoms with E-state index in [1.165, 1.54) is 0 Å². The molecule has 0 radical (unpaired) electrons. The second-order valence-corrected chi connectivity index (χ2v) is 5.65. The fourth-order valence-electron chi connectivity index (χ4n) is 2.57. The summed E-state index contributed by atoms with van der Waals surface area (Å²) < 4.78 is 16.1. The molecule has 1 aliphatic rings. The van der Waals surface area contributed by atoms with Crippen LogP contribution >= 0.6 is 0 Å². The van der Waals surface area contributed by atoms with Crippen LogP contribution in [-0.4, -0.2) is 61.5 Å². The number of hydrogen-bond acceptors (Lipinski definition) is 6. The van der Waals surface area contributed by atoms with Crippen molar-refractivity contribution in [3.63, 3.8) is 0 Å². The predicted molar refractivity (Wildman–Crippen MR) is 86.1 cm³/mol. The maximum Gasteiger partial charge on any atom is 0.246 e. The summed E-state index contributed by atoms with van der Waals surface area (Å²) >= 11 is 0. The van der Waals surface area contributed by atoms with E-state index in [1.54, 1.807) is 7.05 Å². The molecule has 8 nitrogen and oxygen atoms in total. The molecule has 0 spiro atoms. The molecule has 2 rings (SSSR count). The number of aromatic nitrogens is 2. The van der Waals surface area contributed by atoms with E-state index in [0.29, 0.717) is 30.8 Å². The first-order valence-electron chi connectivity index (χ1n) is 8.07. The van der Waals surface area contributed by atoms with Gasteiger partial charge in [-0.15, -0.1) is 0 Å². The van der Waals surface area contributed by atoms with Crippen molar-refractivity contribution < 1.29 is 14.0 Å². The molecule has 8 heteroatoms. The summed E-state index contributed by atoms with van der Waals surface area (Å²) in [4.78, 5) is 10.7. The van der Waals surface area contributed by atoms with Crippen LogP contribution in [-0.2, 0) is 16.0 Å². The summed E-state index contributed by atoms with van der Waals surface area (Å²) in [5.74, 6) is 2.44. The zero-order valence-corrected chi connectivity index (χ0v) is 14.4. The molecule has 0 bridgehead atoms. The highest BCUT2D eigenvalue weighted by molar-refractivity contribution is 5.79. The van der Waals surface area contributed by atoms with Crippen molar-refractivity contribution in [1.29, 1.82) is 0 Å². The Balaban J connectivity index is 1.82. The van der Waals surface area contributed by atoms with Gasteiger partial charge < -0.3 is 24.2 Å². The van der Waals surface area contributed by atoms with E-state index in [2.05, 4.69) is 25.3 Å². The van der Waals surface area contributed by atoms with Crippen LogP contribution < -0.4 is 5.32 Å². The molecule has 1 fully saturated rings. The summed E-state index contributed by atoms with van der Waals surface area (Å²) in [6.07, 6.45) is 0.936. The minimum absolute atomic E-state index is 0.165. The van der Waals surface area contributed by atoms with Gasteiger partial charge in [-0.2, -0.15) is 4.98 Å². The molecule has 2 unspecified atom stereocenters. The topological polar surface area (TPSA) is 85.0 Å². The highest BCUT2D eigenvalue weighted by Gasteiger charge is 2.19. The van der Waals surface area contributed by atoms with Gasteiger partial charge in [-0.1, -0.05) is 5.16 Å². The zero-order chi connectivity index (χ0) is 16.7. The van der Waals surface area contributed by atoms with Crippen LogP contribution in [0.25, 0.3) is 0 Å². The second kappa shape index (κ2) is 8.83. The quantitative estimate of drug-likeness (QED) is 0.596. The van der Waals surface area contributed by atoms with Gasteiger partial charge in [0.1, 0.15) is 6.10 Å². The molecule has 0 aliphatic carbocycles. The van der Waals surface area contributed by atoms with Crippen molar-refractivity contribution in [2.24, 2.45) is 10.9 Å². The van der Waals surface area contributed by atoms with Crippen molar-refractivity contribution in [2.75, 3.05) is 40.5 Å². The standard InChI is InChI=1S/C15H27N5O3/c1-5-22-11(2)14-18-13(23-19-14)8-17-15(16-3)20(4)9-12-6-7-21-10-12/h11-12H,5-10H2,1-4H3,(H,16,17). The highest BCUT2D eigenvalue weighted by Crippen LogP contribution is 2.14. The van der Waals surface area contributed by atoms with Gasteiger partial charge in [-0.3, -0.25) is 4.99 Å². The van der Waals surface area contributed by atoms with Gasteiger partial charge >= 0.3 is 0 Å². The summed E-state index contributed by atoms with van der Waals surface area (Å²) in [6.45, 7) is 7.49. The predicted octanol–water partition coefficient (Wildman–Crippen LogP) is 1.21. The van der Waals surface area contributed by atoms with Gasteiger partial charge in [0.15, 0.2) is 11.8 Å². The molecule has 23 heavy (non-hydrogen) atoms. The Morgan fingerprint density at radius 2 is 2.39 bits per heavy atom. The summed E-state index contributed by atoms with van der Waals surface area (Å²) in [5.41, 5.74) is 0. The lowest BCUT2D eigenvalue weighted by atomic mass is 10.1. The number of hydrogen-bond donors (Lipinski definition) is 1. The monoisotopic (exact) mass is 325 g/mol. The molecule has 1 saturated heterocycles. The van der Waals surface area contributed by atoms with Gasteiger partial charge in [0.25, 0.3) is 0 Å². The number of nitrogens with one attached hydrogen (secondary N) is 1. The second-order valence-electron chi connectivity index (χ2n) is 5.65.